The summed E-state index contributed by atoms with van der Waals surface area (Å²) < 4.78 is 14.4. The van der Waals surface area contributed by atoms with Crippen LogP contribution >= 0.6 is 11.3 Å². The normalized spacial score (nSPS) is 11.7. The Morgan fingerprint density at radius 2 is 2.32 bits per heavy atom. The molecule has 1 N–H and O–H groups in total. The van der Waals surface area contributed by atoms with E-state index >= 15 is 0 Å². The number of thiophene rings is 1. The van der Waals surface area contributed by atoms with Crippen molar-refractivity contribution < 1.29 is 4.39 Å². The molecule has 0 radical (unpaired) electrons. The predicted molar refractivity (Wildman–Crippen MR) is 77.8 cm³/mol. The van der Waals surface area contributed by atoms with Gasteiger partial charge in [-0.15, -0.1) is 11.3 Å². The molecule has 3 aromatic rings. The molecule has 0 spiro atoms. The molecule has 3 rings (SSSR count). The summed E-state index contributed by atoms with van der Waals surface area (Å²) in [5.74, 6) is -0.180. The third-order valence-corrected chi connectivity index (χ3v) is 4.32. The van der Waals surface area contributed by atoms with Crippen molar-refractivity contribution in [1.82, 2.24) is 9.97 Å². The molecule has 96 valence electrons. The van der Waals surface area contributed by atoms with Crippen LogP contribution in [0.1, 0.15) is 16.1 Å². The van der Waals surface area contributed by atoms with Gasteiger partial charge in [-0.25, -0.2) is 9.37 Å². The SMILES string of the molecule is Cc1c(/C=C/Cc2c[nH]cn2)sc2ccc(F)cc12. The predicted octanol–water partition coefficient (Wildman–Crippen LogP) is 4.33. The van der Waals surface area contributed by atoms with Gasteiger partial charge in [0, 0.05) is 22.2 Å². The van der Waals surface area contributed by atoms with Crippen molar-refractivity contribution in [2.24, 2.45) is 0 Å². The third-order valence-electron chi connectivity index (χ3n) is 3.09. The molecule has 0 bridgehead atoms. The number of rotatable bonds is 3. The van der Waals surface area contributed by atoms with Crippen LogP contribution in [0.2, 0.25) is 0 Å². The zero-order valence-corrected chi connectivity index (χ0v) is 11.3. The van der Waals surface area contributed by atoms with E-state index in [2.05, 4.69) is 22.1 Å². The van der Waals surface area contributed by atoms with Gasteiger partial charge in [0.2, 0.25) is 0 Å². The minimum absolute atomic E-state index is 0.180. The molecule has 2 nitrogen and oxygen atoms in total. The number of allylic oxidation sites excluding steroid dienone is 1. The van der Waals surface area contributed by atoms with Crippen molar-refractivity contribution in [3.63, 3.8) is 0 Å². The highest BCUT2D eigenvalue weighted by molar-refractivity contribution is 7.20. The Kier molecular flexibility index (Phi) is 3.17. The van der Waals surface area contributed by atoms with E-state index in [-0.39, 0.29) is 5.82 Å². The molecule has 2 heterocycles. The topological polar surface area (TPSA) is 28.7 Å². The van der Waals surface area contributed by atoms with Crippen LogP contribution in [0, 0.1) is 12.7 Å². The third kappa shape index (κ3) is 2.44. The van der Waals surface area contributed by atoms with Gasteiger partial charge in [0.25, 0.3) is 0 Å². The molecule has 0 aliphatic rings. The van der Waals surface area contributed by atoms with Gasteiger partial charge in [0.05, 0.1) is 12.0 Å². The van der Waals surface area contributed by atoms with Crippen molar-refractivity contribution in [2.75, 3.05) is 0 Å². The number of fused-ring (bicyclic) bond motifs is 1. The lowest BCUT2D eigenvalue weighted by Gasteiger charge is -1.92. The van der Waals surface area contributed by atoms with Crippen LogP contribution in [0.4, 0.5) is 4.39 Å². The number of imidazole rings is 1. The van der Waals surface area contributed by atoms with Gasteiger partial charge in [0.1, 0.15) is 5.82 Å². The molecular formula is C15H13FN2S. The Bertz CT molecular complexity index is 726. The summed E-state index contributed by atoms with van der Waals surface area (Å²) >= 11 is 1.69. The number of hydrogen-bond acceptors (Lipinski definition) is 2. The maximum atomic E-state index is 13.2. The Hall–Kier alpha value is -1.94. The zero-order chi connectivity index (χ0) is 13.2. The summed E-state index contributed by atoms with van der Waals surface area (Å²) in [7, 11) is 0. The Morgan fingerprint density at radius 1 is 1.42 bits per heavy atom. The van der Waals surface area contributed by atoms with Gasteiger partial charge in [0.15, 0.2) is 0 Å². The number of aromatic nitrogens is 2. The van der Waals surface area contributed by atoms with Crippen molar-refractivity contribution in [2.45, 2.75) is 13.3 Å². The molecule has 2 aromatic heterocycles. The fourth-order valence-electron chi connectivity index (χ4n) is 2.06. The van der Waals surface area contributed by atoms with E-state index in [9.17, 15) is 4.39 Å². The van der Waals surface area contributed by atoms with Gasteiger partial charge < -0.3 is 4.98 Å². The van der Waals surface area contributed by atoms with E-state index in [4.69, 9.17) is 0 Å². The van der Waals surface area contributed by atoms with Gasteiger partial charge in [-0.2, -0.15) is 0 Å². The van der Waals surface area contributed by atoms with Crippen LogP contribution in [-0.4, -0.2) is 9.97 Å². The summed E-state index contributed by atoms with van der Waals surface area (Å²) in [4.78, 5) is 8.28. The number of H-pyrrole nitrogens is 1. The maximum absolute atomic E-state index is 13.2. The van der Waals surface area contributed by atoms with Crippen LogP contribution < -0.4 is 0 Å². The summed E-state index contributed by atoms with van der Waals surface area (Å²) in [5, 5.41) is 1.00. The lowest BCUT2D eigenvalue weighted by molar-refractivity contribution is 0.630. The molecule has 0 atom stereocenters. The van der Waals surface area contributed by atoms with Gasteiger partial charge in [-0.3, -0.25) is 0 Å². The molecule has 4 heteroatoms. The first-order valence-electron chi connectivity index (χ1n) is 6.07. The molecule has 0 saturated heterocycles. The second-order valence-electron chi connectivity index (χ2n) is 4.40. The molecule has 0 fully saturated rings. The minimum Gasteiger partial charge on any atom is -0.351 e. The number of nitrogens with zero attached hydrogens (tertiary/aromatic N) is 1. The first-order valence-corrected chi connectivity index (χ1v) is 6.88. The number of benzene rings is 1. The Morgan fingerprint density at radius 3 is 3.11 bits per heavy atom. The highest BCUT2D eigenvalue weighted by Crippen LogP contribution is 2.32. The van der Waals surface area contributed by atoms with E-state index in [0.29, 0.717) is 0 Å². The molecule has 0 aliphatic heterocycles. The number of halogens is 1. The summed E-state index contributed by atoms with van der Waals surface area (Å²) in [5.41, 5.74) is 2.15. The highest BCUT2D eigenvalue weighted by atomic mass is 32.1. The zero-order valence-electron chi connectivity index (χ0n) is 10.5. The molecule has 0 saturated carbocycles. The Labute approximate surface area is 114 Å². The van der Waals surface area contributed by atoms with Crippen molar-refractivity contribution in [1.29, 1.82) is 0 Å². The highest BCUT2D eigenvalue weighted by Gasteiger charge is 2.06. The fourth-order valence-corrected chi connectivity index (χ4v) is 3.18. The first-order chi connectivity index (χ1) is 9.24. The van der Waals surface area contributed by atoms with Crippen molar-refractivity contribution >= 4 is 27.5 Å². The molecule has 19 heavy (non-hydrogen) atoms. The van der Waals surface area contributed by atoms with Crippen molar-refractivity contribution in [3.8, 4) is 0 Å². The Balaban J connectivity index is 1.88. The first kappa shape index (κ1) is 12.1. The quantitative estimate of drug-likeness (QED) is 0.755. The standard InChI is InChI=1S/C15H13FN2S/c1-10-13-7-11(16)5-6-15(13)19-14(10)4-2-3-12-8-17-9-18-12/h2,4-9H,3H2,1H3,(H,17,18)/b4-2+. The smallest absolute Gasteiger partial charge is 0.123 e. The summed E-state index contributed by atoms with van der Waals surface area (Å²) in [6, 6.07) is 4.95. The van der Waals surface area contributed by atoms with Gasteiger partial charge >= 0.3 is 0 Å². The van der Waals surface area contributed by atoms with Crippen LogP contribution in [-0.2, 0) is 6.42 Å². The van der Waals surface area contributed by atoms with Crippen LogP contribution in [0.3, 0.4) is 0 Å². The van der Waals surface area contributed by atoms with E-state index < -0.39 is 0 Å². The van der Waals surface area contributed by atoms with E-state index in [1.165, 1.54) is 10.9 Å². The van der Waals surface area contributed by atoms with Crippen LogP contribution in [0.15, 0.2) is 36.8 Å². The average Bonchev–Trinajstić information content (AvgIpc) is 3.00. The molecule has 0 amide bonds. The van der Waals surface area contributed by atoms with E-state index in [0.717, 1.165) is 27.8 Å². The molecule has 1 aromatic carbocycles. The molecular weight excluding hydrogens is 259 g/mol. The van der Waals surface area contributed by atoms with Crippen LogP contribution in [0.5, 0.6) is 0 Å². The monoisotopic (exact) mass is 272 g/mol. The van der Waals surface area contributed by atoms with Crippen LogP contribution in [0.25, 0.3) is 16.2 Å². The maximum Gasteiger partial charge on any atom is 0.123 e. The number of aromatic amines is 1. The lowest BCUT2D eigenvalue weighted by atomic mass is 10.1. The van der Waals surface area contributed by atoms with Gasteiger partial charge in [-0.1, -0.05) is 6.08 Å². The van der Waals surface area contributed by atoms with Crippen molar-refractivity contribution in [3.05, 3.63) is 58.8 Å². The summed E-state index contributed by atoms with van der Waals surface area (Å²) in [6.45, 7) is 2.03. The van der Waals surface area contributed by atoms with E-state index in [1.54, 1.807) is 23.7 Å². The fraction of sp³-hybridized carbons (Fsp3) is 0.133. The van der Waals surface area contributed by atoms with Gasteiger partial charge in [-0.05, 0) is 42.1 Å². The molecule has 0 aliphatic carbocycles. The average molecular weight is 272 g/mol. The summed E-state index contributed by atoms with van der Waals surface area (Å²) in [6.07, 6.45) is 8.54. The molecule has 0 unspecified atom stereocenters. The lowest BCUT2D eigenvalue weighted by Crippen LogP contribution is -1.79. The number of nitrogens with one attached hydrogen (secondary N) is 1. The number of aryl methyl sites for hydroxylation is 1. The minimum atomic E-state index is -0.180. The largest absolute Gasteiger partial charge is 0.351 e. The van der Waals surface area contributed by atoms with E-state index in [1.807, 2.05) is 19.2 Å². The number of hydrogen-bond donors (Lipinski definition) is 1. The second-order valence-corrected chi connectivity index (χ2v) is 5.48. The second kappa shape index (κ2) is 4.97.